The van der Waals surface area contributed by atoms with Crippen molar-refractivity contribution in [2.75, 3.05) is 6.61 Å². The molecule has 4 atom stereocenters. The van der Waals surface area contributed by atoms with Gasteiger partial charge in [0, 0.05) is 6.61 Å². The van der Waals surface area contributed by atoms with Gasteiger partial charge in [-0.1, -0.05) is 6.92 Å². The lowest BCUT2D eigenvalue weighted by atomic mass is 9.81. The normalized spacial score (nSPS) is 52.2. The van der Waals surface area contributed by atoms with Crippen molar-refractivity contribution in [2.45, 2.75) is 26.2 Å². The van der Waals surface area contributed by atoms with Crippen LogP contribution in [-0.2, 0) is 0 Å². The smallest absolute Gasteiger partial charge is 0.0464 e. The number of fused-ring (bicyclic) bond motifs is 2. The molecule has 0 aromatic rings. The third-order valence-corrected chi connectivity index (χ3v) is 3.75. The van der Waals surface area contributed by atoms with Crippen molar-refractivity contribution in [1.29, 1.82) is 0 Å². The largest absolute Gasteiger partial charge is 0.396 e. The summed E-state index contributed by atoms with van der Waals surface area (Å²) in [5, 5.41) is 9.06. The molecule has 2 fully saturated rings. The Balaban J connectivity index is 2.10. The molecule has 2 aliphatic rings. The highest BCUT2D eigenvalue weighted by atomic mass is 16.3. The van der Waals surface area contributed by atoms with Gasteiger partial charge in [0.15, 0.2) is 0 Å². The number of aliphatic hydroxyl groups excluding tert-OH is 1. The van der Waals surface area contributed by atoms with E-state index in [1.165, 1.54) is 19.3 Å². The van der Waals surface area contributed by atoms with Gasteiger partial charge in [-0.2, -0.15) is 0 Å². The summed E-state index contributed by atoms with van der Waals surface area (Å²) >= 11 is 0. The molecule has 1 N–H and O–H groups in total. The van der Waals surface area contributed by atoms with E-state index in [9.17, 15) is 0 Å². The molecule has 2 bridgehead atoms. The first-order chi connectivity index (χ1) is 4.83. The maximum Gasteiger partial charge on any atom is 0.0464 e. The van der Waals surface area contributed by atoms with Gasteiger partial charge >= 0.3 is 0 Å². The Labute approximate surface area is 62.4 Å². The summed E-state index contributed by atoms with van der Waals surface area (Å²) in [6.45, 7) is 2.74. The minimum atomic E-state index is 0.433. The second kappa shape index (κ2) is 2.23. The quantitative estimate of drug-likeness (QED) is 0.587. The van der Waals surface area contributed by atoms with E-state index in [-0.39, 0.29) is 0 Å². The molecule has 0 radical (unpaired) electrons. The molecule has 0 saturated heterocycles. The van der Waals surface area contributed by atoms with Crippen LogP contribution in [0.25, 0.3) is 0 Å². The van der Waals surface area contributed by atoms with Crippen molar-refractivity contribution < 1.29 is 5.11 Å². The Kier molecular flexibility index (Phi) is 1.48. The van der Waals surface area contributed by atoms with Crippen LogP contribution in [0.1, 0.15) is 26.2 Å². The minimum absolute atomic E-state index is 0.433. The second-order valence-corrected chi connectivity index (χ2v) is 4.04. The molecule has 1 nitrogen and oxygen atoms in total. The number of hydrogen-bond donors (Lipinski definition) is 1. The van der Waals surface area contributed by atoms with Gasteiger partial charge < -0.3 is 5.11 Å². The molecule has 0 amide bonds. The molecule has 58 valence electrons. The summed E-state index contributed by atoms with van der Waals surface area (Å²) in [6, 6.07) is 0. The van der Waals surface area contributed by atoms with Gasteiger partial charge in [0.2, 0.25) is 0 Å². The van der Waals surface area contributed by atoms with Crippen molar-refractivity contribution >= 4 is 0 Å². The van der Waals surface area contributed by atoms with Crippen LogP contribution < -0.4 is 0 Å². The first-order valence-electron chi connectivity index (χ1n) is 4.43. The van der Waals surface area contributed by atoms with Crippen molar-refractivity contribution in [3.05, 3.63) is 0 Å². The van der Waals surface area contributed by atoms with Gasteiger partial charge in [0.25, 0.3) is 0 Å². The van der Waals surface area contributed by atoms with E-state index >= 15 is 0 Å². The van der Waals surface area contributed by atoms with E-state index in [1.54, 1.807) is 0 Å². The summed E-state index contributed by atoms with van der Waals surface area (Å²) in [7, 11) is 0. The Morgan fingerprint density at radius 2 is 2.00 bits per heavy atom. The zero-order valence-electron chi connectivity index (χ0n) is 6.59. The lowest BCUT2D eigenvalue weighted by Gasteiger charge is -2.25. The summed E-state index contributed by atoms with van der Waals surface area (Å²) in [5.74, 6) is 3.30. The average molecular weight is 140 g/mol. The zero-order chi connectivity index (χ0) is 7.14. The maximum absolute atomic E-state index is 9.06. The van der Waals surface area contributed by atoms with Crippen LogP contribution >= 0.6 is 0 Å². The third kappa shape index (κ3) is 0.731. The molecular formula is C9H16O. The van der Waals surface area contributed by atoms with E-state index < -0.39 is 0 Å². The van der Waals surface area contributed by atoms with Crippen molar-refractivity contribution in [3.8, 4) is 0 Å². The highest BCUT2D eigenvalue weighted by Crippen LogP contribution is 2.51. The maximum atomic E-state index is 9.06. The highest BCUT2D eigenvalue weighted by molar-refractivity contribution is 4.93. The first-order valence-corrected chi connectivity index (χ1v) is 4.43. The molecular weight excluding hydrogens is 124 g/mol. The predicted octanol–water partition coefficient (Wildman–Crippen LogP) is 1.66. The van der Waals surface area contributed by atoms with Crippen LogP contribution in [0.3, 0.4) is 0 Å². The Hall–Kier alpha value is -0.0400. The molecule has 2 aliphatic carbocycles. The van der Waals surface area contributed by atoms with Crippen molar-refractivity contribution in [2.24, 2.45) is 23.7 Å². The van der Waals surface area contributed by atoms with Crippen LogP contribution in [0.2, 0.25) is 0 Å². The van der Waals surface area contributed by atoms with Gasteiger partial charge in [-0.05, 0) is 42.9 Å². The molecule has 0 heterocycles. The van der Waals surface area contributed by atoms with Gasteiger partial charge in [-0.3, -0.25) is 0 Å². The van der Waals surface area contributed by atoms with E-state index in [0.717, 1.165) is 17.8 Å². The van der Waals surface area contributed by atoms with E-state index in [0.29, 0.717) is 12.5 Å². The molecule has 0 aliphatic heterocycles. The highest BCUT2D eigenvalue weighted by Gasteiger charge is 2.44. The Bertz CT molecular complexity index is 131. The fraction of sp³-hybridized carbons (Fsp3) is 1.00. The van der Waals surface area contributed by atoms with E-state index in [4.69, 9.17) is 5.11 Å². The summed E-state index contributed by atoms with van der Waals surface area (Å²) in [4.78, 5) is 0. The van der Waals surface area contributed by atoms with E-state index in [1.807, 2.05) is 0 Å². The van der Waals surface area contributed by atoms with Gasteiger partial charge in [0.05, 0.1) is 0 Å². The number of rotatable bonds is 1. The molecule has 10 heavy (non-hydrogen) atoms. The molecule has 0 aromatic heterocycles. The summed E-state index contributed by atoms with van der Waals surface area (Å²) in [5.41, 5.74) is 0. The summed E-state index contributed by atoms with van der Waals surface area (Å²) < 4.78 is 0. The van der Waals surface area contributed by atoms with Gasteiger partial charge in [-0.25, -0.2) is 0 Å². The fourth-order valence-corrected chi connectivity index (χ4v) is 3.01. The average Bonchev–Trinajstić information content (AvgIpc) is 2.46. The Morgan fingerprint density at radius 1 is 1.30 bits per heavy atom. The lowest BCUT2D eigenvalue weighted by Crippen LogP contribution is -2.22. The molecule has 2 rings (SSSR count). The van der Waals surface area contributed by atoms with Crippen LogP contribution in [0, 0.1) is 23.7 Å². The molecule has 0 aromatic carbocycles. The molecule has 0 spiro atoms. The van der Waals surface area contributed by atoms with Crippen LogP contribution in [0.5, 0.6) is 0 Å². The van der Waals surface area contributed by atoms with Crippen LogP contribution in [0.4, 0.5) is 0 Å². The molecule has 0 unspecified atom stereocenters. The standard InChI is InChI=1S/C9H16O/c1-6-7-2-3-8(4-7)9(6)5-10/h6-10H,2-5H2,1H3/t6-,7-,8-,9+/m0/s1. The fourth-order valence-electron chi connectivity index (χ4n) is 3.01. The SMILES string of the molecule is C[C@H]1[C@H]2CC[C@@H](C2)[C@@H]1CO. The zero-order valence-corrected chi connectivity index (χ0v) is 6.59. The minimum Gasteiger partial charge on any atom is -0.396 e. The monoisotopic (exact) mass is 140 g/mol. The Morgan fingerprint density at radius 3 is 2.40 bits per heavy atom. The van der Waals surface area contributed by atoms with Crippen molar-refractivity contribution in [1.82, 2.24) is 0 Å². The van der Waals surface area contributed by atoms with Crippen LogP contribution in [-0.4, -0.2) is 11.7 Å². The first kappa shape index (κ1) is 6.66. The molecule has 2 saturated carbocycles. The topological polar surface area (TPSA) is 20.2 Å². The van der Waals surface area contributed by atoms with Crippen LogP contribution in [0.15, 0.2) is 0 Å². The van der Waals surface area contributed by atoms with Gasteiger partial charge in [0.1, 0.15) is 0 Å². The number of hydrogen-bond acceptors (Lipinski definition) is 1. The summed E-state index contributed by atoms with van der Waals surface area (Å²) in [6.07, 6.45) is 4.23. The predicted molar refractivity (Wildman–Crippen MR) is 40.6 cm³/mol. The van der Waals surface area contributed by atoms with Crippen molar-refractivity contribution in [3.63, 3.8) is 0 Å². The molecule has 1 heteroatoms. The van der Waals surface area contributed by atoms with Gasteiger partial charge in [-0.15, -0.1) is 0 Å². The second-order valence-electron chi connectivity index (χ2n) is 4.04. The number of aliphatic hydroxyl groups is 1. The lowest BCUT2D eigenvalue weighted by molar-refractivity contribution is 0.134. The third-order valence-electron chi connectivity index (χ3n) is 3.75. The van der Waals surface area contributed by atoms with E-state index in [2.05, 4.69) is 6.92 Å².